The van der Waals surface area contributed by atoms with Gasteiger partial charge in [-0.15, -0.1) is 0 Å². The molecule has 0 aliphatic heterocycles. The van der Waals surface area contributed by atoms with Crippen molar-refractivity contribution in [3.63, 3.8) is 0 Å². The second-order valence-corrected chi connectivity index (χ2v) is 6.41. The molecule has 134 valence electrons. The van der Waals surface area contributed by atoms with Crippen molar-refractivity contribution in [1.82, 2.24) is 4.57 Å². The monoisotopic (exact) mass is 357 g/mol. The Balaban J connectivity index is 1.65. The van der Waals surface area contributed by atoms with Gasteiger partial charge >= 0.3 is 5.97 Å². The van der Waals surface area contributed by atoms with Crippen molar-refractivity contribution in [2.24, 2.45) is 0 Å². The second-order valence-electron chi connectivity index (χ2n) is 6.41. The zero-order valence-corrected chi connectivity index (χ0v) is 14.7. The molecule has 1 heterocycles. The molecule has 4 heteroatoms. The summed E-state index contributed by atoms with van der Waals surface area (Å²) in [5.74, 6) is -0.279. The van der Waals surface area contributed by atoms with Gasteiger partial charge in [-0.05, 0) is 29.3 Å². The lowest BCUT2D eigenvalue weighted by atomic mass is 10.1. The molecule has 1 aromatic heterocycles. The first-order valence-electron chi connectivity index (χ1n) is 8.77. The molecule has 0 spiro atoms. The number of fused-ring (bicyclic) bond motifs is 1. The van der Waals surface area contributed by atoms with Crippen LogP contribution in [0.3, 0.4) is 0 Å². The molecule has 0 aliphatic carbocycles. The maximum absolute atomic E-state index is 11.7. The van der Waals surface area contributed by atoms with Crippen molar-refractivity contribution >= 4 is 16.9 Å². The third-order valence-electron chi connectivity index (χ3n) is 4.53. The summed E-state index contributed by atoms with van der Waals surface area (Å²) in [5, 5.41) is 10.3. The Labute approximate surface area is 157 Å². The van der Waals surface area contributed by atoms with Gasteiger partial charge in [0.05, 0.1) is 5.56 Å². The van der Waals surface area contributed by atoms with Crippen LogP contribution in [0.5, 0.6) is 5.75 Å². The standard InChI is InChI=1S/C23H19NO3/c25-23(26)21-15-24(14-17-7-3-1-4-8-17)22-12-11-19(13-20(21)22)27-16-18-9-5-2-6-10-18/h1-13,15H,14,16H2,(H,25,26). The molecule has 0 saturated heterocycles. The molecule has 0 radical (unpaired) electrons. The number of nitrogens with zero attached hydrogens (tertiary/aromatic N) is 1. The summed E-state index contributed by atoms with van der Waals surface area (Å²) in [5.41, 5.74) is 3.35. The number of aromatic carboxylic acids is 1. The maximum atomic E-state index is 11.7. The number of carboxylic acid groups (broad SMARTS) is 1. The Morgan fingerprint density at radius 2 is 1.56 bits per heavy atom. The third kappa shape index (κ3) is 3.70. The van der Waals surface area contributed by atoms with E-state index in [-0.39, 0.29) is 5.56 Å². The van der Waals surface area contributed by atoms with Crippen molar-refractivity contribution in [2.75, 3.05) is 0 Å². The lowest BCUT2D eigenvalue weighted by molar-refractivity contribution is 0.0699. The molecule has 4 rings (SSSR count). The first-order valence-corrected chi connectivity index (χ1v) is 8.77. The van der Waals surface area contributed by atoms with Gasteiger partial charge in [-0.1, -0.05) is 60.7 Å². The van der Waals surface area contributed by atoms with Crippen LogP contribution in [0.25, 0.3) is 10.9 Å². The van der Waals surface area contributed by atoms with E-state index in [9.17, 15) is 9.90 Å². The van der Waals surface area contributed by atoms with E-state index in [2.05, 4.69) is 0 Å². The second kappa shape index (κ2) is 7.38. The minimum Gasteiger partial charge on any atom is -0.489 e. The van der Waals surface area contributed by atoms with Gasteiger partial charge in [-0.2, -0.15) is 0 Å². The Morgan fingerprint density at radius 3 is 2.22 bits per heavy atom. The van der Waals surface area contributed by atoms with Gasteiger partial charge in [0.15, 0.2) is 0 Å². The third-order valence-corrected chi connectivity index (χ3v) is 4.53. The number of carbonyl (C=O) groups is 1. The quantitative estimate of drug-likeness (QED) is 0.530. The van der Waals surface area contributed by atoms with E-state index in [1.807, 2.05) is 83.4 Å². The van der Waals surface area contributed by atoms with E-state index in [0.29, 0.717) is 24.3 Å². The smallest absolute Gasteiger partial charge is 0.337 e. The highest BCUT2D eigenvalue weighted by atomic mass is 16.5. The first-order chi connectivity index (χ1) is 13.2. The molecule has 4 nitrogen and oxygen atoms in total. The van der Waals surface area contributed by atoms with Crippen molar-refractivity contribution in [1.29, 1.82) is 0 Å². The highest BCUT2D eigenvalue weighted by Gasteiger charge is 2.15. The molecule has 1 N–H and O–H groups in total. The summed E-state index contributed by atoms with van der Waals surface area (Å²) in [6, 6.07) is 25.5. The van der Waals surface area contributed by atoms with Crippen LogP contribution in [0.1, 0.15) is 21.5 Å². The van der Waals surface area contributed by atoms with Crippen molar-refractivity contribution < 1.29 is 14.6 Å². The molecule has 3 aromatic carbocycles. The number of rotatable bonds is 6. The predicted octanol–water partition coefficient (Wildman–Crippen LogP) is 4.97. The zero-order valence-electron chi connectivity index (χ0n) is 14.7. The molecular formula is C23H19NO3. The minimum atomic E-state index is -0.938. The number of hydrogen-bond acceptors (Lipinski definition) is 2. The van der Waals surface area contributed by atoms with Gasteiger partial charge in [0.25, 0.3) is 0 Å². The van der Waals surface area contributed by atoms with E-state index < -0.39 is 5.97 Å². The zero-order chi connectivity index (χ0) is 18.6. The molecule has 4 aromatic rings. The number of ether oxygens (including phenoxy) is 1. The first kappa shape index (κ1) is 16.9. The Morgan fingerprint density at radius 1 is 0.889 bits per heavy atom. The number of benzene rings is 3. The van der Waals surface area contributed by atoms with E-state index in [4.69, 9.17) is 4.74 Å². The topological polar surface area (TPSA) is 51.5 Å². The maximum Gasteiger partial charge on any atom is 0.337 e. The lowest BCUT2D eigenvalue weighted by Crippen LogP contribution is -1.98. The lowest BCUT2D eigenvalue weighted by Gasteiger charge is -2.08. The van der Waals surface area contributed by atoms with Crippen molar-refractivity contribution in [2.45, 2.75) is 13.2 Å². The largest absolute Gasteiger partial charge is 0.489 e. The summed E-state index contributed by atoms with van der Waals surface area (Å²) in [6.45, 7) is 1.06. The normalized spacial score (nSPS) is 10.8. The van der Waals surface area contributed by atoms with Crippen molar-refractivity contribution in [3.05, 3.63) is 102 Å². The van der Waals surface area contributed by atoms with Crippen LogP contribution in [0.2, 0.25) is 0 Å². The molecule has 0 saturated carbocycles. The number of carboxylic acids is 1. The average Bonchev–Trinajstić information content (AvgIpc) is 3.06. The Hall–Kier alpha value is -3.53. The summed E-state index contributed by atoms with van der Waals surface area (Å²) in [4.78, 5) is 11.7. The average molecular weight is 357 g/mol. The molecule has 0 atom stereocenters. The van der Waals surface area contributed by atoms with Crippen LogP contribution in [0.15, 0.2) is 85.1 Å². The Kier molecular flexibility index (Phi) is 4.62. The van der Waals surface area contributed by atoms with Crippen molar-refractivity contribution in [3.8, 4) is 5.75 Å². The number of aromatic nitrogens is 1. The van der Waals surface area contributed by atoms with Gasteiger partial charge in [-0.3, -0.25) is 0 Å². The van der Waals surface area contributed by atoms with E-state index in [1.165, 1.54) is 0 Å². The molecule has 0 unspecified atom stereocenters. The summed E-state index contributed by atoms with van der Waals surface area (Å²) in [6.07, 6.45) is 1.70. The van der Waals surface area contributed by atoms with E-state index in [1.54, 1.807) is 6.20 Å². The summed E-state index contributed by atoms with van der Waals surface area (Å²) < 4.78 is 7.83. The SMILES string of the molecule is O=C(O)c1cn(Cc2ccccc2)c2ccc(OCc3ccccc3)cc12. The minimum absolute atomic E-state index is 0.283. The van der Waals surface area contributed by atoms with Crippen LogP contribution in [0, 0.1) is 0 Å². The summed E-state index contributed by atoms with van der Waals surface area (Å²) >= 11 is 0. The van der Waals surface area contributed by atoms with Crippen LogP contribution in [0.4, 0.5) is 0 Å². The molecule has 0 aliphatic rings. The molecule has 0 bridgehead atoms. The predicted molar refractivity (Wildman–Crippen MR) is 105 cm³/mol. The van der Waals surface area contributed by atoms with Gasteiger partial charge in [0.2, 0.25) is 0 Å². The number of hydrogen-bond donors (Lipinski definition) is 1. The van der Waals surface area contributed by atoms with E-state index in [0.717, 1.165) is 16.6 Å². The van der Waals surface area contributed by atoms with Crippen LogP contribution < -0.4 is 4.74 Å². The molecular weight excluding hydrogens is 338 g/mol. The fraction of sp³-hybridized carbons (Fsp3) is 0.0870. The molecule has 0 fully saturated rings. The summed E-state index contributed by atoms with van der Waals surface area (Å²) in [7, 11) is 0. The van der Waals surface area contributed by atoms with Crippen LogP contribution in [-0.2, 0) is 13.2 Å². The fourth-order valence-electron chi connectivity index (χ4n) is 3.19. The van der Waals surface area contributed by atoms with Crippen LogP contribution >= 0.6 is 0 Å². The Bertz CT molecular complexity index is 1070. The van der Waals surface area contributed by atoms with Gasteiger partial charge < -0.3 is 14.4 Å². The van der Waals surface area contributed by atoms with Gasteiger partial charge in [0.1, 0.15) is 12.4 Å². The fourth-order valence-corrected chi connectivity index (χ4v) is 3.19. The van der Waals surface area contributed by atoms with Gasteiger partial charge in [0, 0.05) is 23.6 Å². The molecule has 27 heavy (non-hydrogen) atoms. The highest BCUT2D eigenvalue weighted by molar-refractivity contribution is 6.04. The van der Waals surface area contributed by atoms with Crippen LogP contribution in [-0.4, -0.2) is 15.6 Å². The molecule has 0 amide bonds. The highest BCUT2D eigenvalue weighted by Crippen LogP contribution is 2.27. The van der Waals surface area contributed by atoms with E-state index >= 15 is 0 Å². The van der Waals surface area contributed by atoms with Gasteiger partial charge in [-0.25, -0.2) is 4.79 Å².